The maximum Gasteiger partial charge on any atom is 0.411 e. The van der Waals surface area contributed by atoms with Crippen molar-refractivity contribution < 1.29 is 18.3 Å². The molecule has 0 aliphatic carbocycles. The molecule has 122 valence electrons. The van der Waals surface area contributed by atoms with Gasteiger partial charge in [-0.1, -0.05) is 0 Å². The first-order chi connectivity index (χ1) is 10.7. The highest BCUT2D eigenvalue weighted by molar-refractivity contribution is 6.02. The summed E-state index contributed by atoms with van der Waals surface area (Å²) in [7, 11) is 0. The van der Waals surface area contributed by atoms with Gasteiger partial charge in [0.05, 0.1) is 17.5 Å². The smallest absolute Gasteiger partial charge is 0.411 e. The van der Waals surface area contributed by atoms with E-state index in [2.05, 4.69) is 25.3 Å². The van der Waals surface area contributed by atoms with Crippen molar-refractivity contribution in [2.24, 2.45) is 9.98 Å². The van der Waals surface area contributed by atoms with Crippen LogP contribution in [-0.2, 0) is 0 Å². The molecule has 1 aliphatic heterocycles. The monoisotopic (exact) mass is 325 g/mol. The number of guanidine groups is 1. The molecule has 2 aromatic rings. The van der Waals surface area contributed by atoms with Gasteiger partial charge in [0.1, 0.15) is 0 Å². The number of rotatable bonds is 1. The lowest BCUT2D eigenvalue weighted by molar-refractivity contribution is -0.145. The Balaban J connectivity index is 1.90. The van der Waals surface area contributed by atoms with Gasteiger partial charge < -0.3 is 10.1 Å². The van der Waals surface area contributed by atoms with Crippen LogP contribution in [0.2, 0.25) is 0 Å². The van der Waals surface area contributed by atoms with Gasteiger partial charge >= 0.3 is 6.18 Å². The predicted molar refractivity (Wildman–Crippen MR) is 81.1 cm³/mol. The van der Waals surface area contributed by atoms with E-state index in [1.54, 1.807) is 0 Å². The highest BCUT2D eigenvalue weighted by Crippen LogP contribution is 2.27. The Morgan fingerprint density at radius 3 is 2.65 bits per heavy atom. The number of nitrogens with zero attached hydrogens (tertiary/aromatic N) is 3. The Kier molecular flexibility index (Phi) is 3.50. The summed E-state index contributed by atoms with van der Waals surface area (Å²) in [6.45, 7) is 3.89. The van der Waals surface area contributed by atoms with E-state index < -0.39 is 24.5 Å². The molecule has 1 aromatic carbocycles. The van der Waals surface area contributed by atoms with E-state index in [-0.39, 0.29) is 11.9 Å². The Bertz CT molecular complexity index is 783. The third-order valence-electron chi connectivity index (χ3n) is 3.59. The first kappa shape index (κ1) is 15.3. The summed E-state index contributed by atoms with van der Waals surface area (Å²) < 4.78 is 38.3. The second kappa shape index (κ2) is 5.25. The minimum absolute atomic E-state index is 0.211. The van der Waals surface area contributed by atoms with Gasteiger partial charge in [-0.3, -0.25) is 5.32 Å². The third-order valence-corrected chi connectivity index (χ3v) is 3.59. The van der Waals surface area contributed by atoms with Crippen molar-refractivity contribution in [3.63, 3.8) is 0 Å². The van der Waals surface area contributed by atoms with Crippen LogP contribution in [0.25, 0.3) is 11.0 Å². The van der Waals surface area contributed by atoms with Crippen LogP contribution in [0.1, 0.15) is 17.5 Å². The van der Waals surface area contributed by atoms with E-state index in [1.165, 1.54) is 0 Å². The molecule has 0 radical (unpaired) electrons. The molecule has 1 unspecified atom stereocenters. The van der Waals surface area contributed by atoms with Crippen molar-refractivity contribution in [3.05, 3.63) is 23.3 Å². The Morgan fingerprint density at radius 2 is 1.96 bits per heavy atom. The van der Waals surface area contributed by atoms with Crippen molar-refractivity contribution in [2.45, 2.75) is 32.5 Å². The lowest BCUT2D eigenvalue weighted by Crippen LogP contribution is -2.35. The van der Waals surface area contributed by atoms with Crippen LogP contribution in [0, 0.1) is 13.8 Å². The highest BCUT2D eigenvalue weighted by atomic mass is 19.4. The average Bonchev–Trinajstić information content (AvgIpc) is 2.78. The number of halogens is 3. The molecule has 1 aromatic heterocycles. The minimum Gasteiger partial charge on any atom is -0.496 e. The van der Waals surface area contributed by atoms with E-state index in [1.807, 2.05) is 26.0 Å². The molecular weight excluding hydrogens is 311 g/mol. The topological polar surface area (TPSA) is 85.7 Å². The molecule has 1 atom stereocenters. The number of aromatic nitrogens is 2. The lowest BCUT2D eigenvalue weighted by Gasteiger charge is -2.19. The second-order valence-electron chi connectivity index (χ2n) is 5.41. The third kappa shape index (κ3) is 3.13. The normalized spacial score (nSPS) is 18.7. The van der Waals surface area contributed by atoms with Gasteiger partial charge in [-0.15, -0.1) is 0 Å². The first-order valence-electron chi connectivity index (χ1n) is 6.87. The zero-order valence-electron chi connectivity index (χ0n) is 12.4. The van der Waals surface area contributed by atoms with Crippen LogP contribution in [0.5, 0.6) is 0 Å². The molecule has 9 heteroatoms. The molecule has 2 heterocycles. The van der Waals surface area contributed by atoms with Crippen molar-refractivity contribution in [1.29, 1.82) is 0 Å². The number of imidazole rings is 1. The van der Waals surface area contributed by atoms with Crippen molar-refractivity contribution in [1.82, 2.24) is 9.97 Å². The van der Waals surface area contributed by atoms with Gasteiger partial charge in [0.25, 0.3) is 0 Å². The molecule has 0 saturated heterocycles. The number of hydrogen-bond acceptors (Lipinski definition) is 4. The summed E-state index contributed by atoms with van der Waals surface area (Å²) in [4.78, 5) is 14.3. The molecule has 3 rings (SSSR count). The maximum atomic E-state index is 12.8. The van der Waals surface area contributed by atoms with E-state index in [0.717, 1.165) is 16.6 Å². The molecule has 3 N–H and O–H groups in total. The number of nitrogens with one attached hydrogen (secondary N) is 2. The number of benzene rings is 1. The SMILES string of the molecule is Cc1cc2nc(NC3=NC(C(F)(F)F)CC(O)=N3)[nH]c2cc1C. The standard InChI is InChI=1S/C14H14F3N5O/c1-6-3-8-9(4-7(6)2)19-12(18-8)22-13-20-10(14(15,16)17)5-11(23)21-13/h3-4,10H,5H2,1-2H3,(H3,18,19,20,21,22,23). The number of H-pyrrole nitrogens is 1. The molecule has 0 saturated carbocycles. The number of fused-ring (bicyclic) bond motifs is 1. The van der Waals surface area contributed by atoms with Crippen molar-refractivity contribution in [3.8, 4) is 0 Å². The summed E-state index contributed by atoms with van der Waals surface area (Å²) in [5.74, 6) is -0.737. The number of aliphatic imine (C=N–C) groups is 2. The zero-order chi connectivity index (χ0) is 16.8. The molecule has 1 aliphatic rings. The number of aliphatic hydroxyl groups excluding tert-OH is 1. The van der Waals surface area contributed by atoms with Crippen LogP contribution >= 0.6 is 0 Å². The molecule has 0 fully saturated rings. The van der Waals surface area contributed by atoms with Crippen molar-refractivity contribution in [2.75, 3.05) is 5.32 Å². The van der Waals surface area contributed by atoms with Gasteiger partial charge in [-0.2, -0.15) is 18.2 Å². The Labute approximate surface area is 129 Å². The highest BCUT2D eigenvalue weighted by Gasteiger charge is 2.42. The van der Waals surface area contributed by atoms with E-state index >= 15 is 0 Å². The van der Waals surface area contributed by atoms with Crippen LogP contribution in [0.3, 0.4) is 0 Å². The molecule has 0 amide bonds. The number of alkyl halides is 3. The lowest BCUT2D eigenvalue weighted by atomic mass is 10.1. The molecule has 0 bridgehead atoms. The van der Waals surface area contributed by atoms with E-state index in [4.69, 9.17) is 0 Å². The molecule has 0 spiro atoms. The van der Waals surface area contributed by atoms with Crippen molar-refractivity contribution >= 4 is 28.8 Å². The van der Waals surface area contributed by atoms with Gasteiger partial charge in [-0.05, 0) is 37.1 Å². The summed E-state index contributed by atoms with van der Waals surface area (Å²) in [6, 6.07) is 1.75. The summed E-state index contributed by atoms with van der Waals surface area (Å²) >= 11 is 0. The maximum absolute atomic E-state index is 12.8. The average molecular weight is 325 g/mol. The number of aryl methyl sites for hydroxylation is 2. The molecule has 6 nitrogen and oxygen atoms in total. The molecular formula is C14H14F3N5O. The summed E-state index contributed by atoms with van der Waals surface area (Å²) in [5, 5.41) is 12.0. The van der Waals surface area contributed by atoms with Gasteiger partial charge in [0.2, 0.25) is 11.9 Å². The number of anilines is 1. The summed E-state index contributed by atoms with van der Waals surface area (Å²) in [5.41, 5.74) is 3.54. The van der Waals surface area contributed by atoms with Gasteiger partial charge in [0, 0.05) is 0 Å². The van der Waals surface area contributed by atoms with Gasteiger partial charge in [-0.25, -0.2) is 9.98 Å². The first-order valence-corrected chi connectivity index (χ1v) is 6.87. The van der Waals surface area contributed by atoms with E-state index in [9.17, 15) is 18.3 Å². The van der Waals surface area contributed by atoms with Crippen LogP contribution in [0.4, 0.5) is 19.1 Å². The van der Waals surface area contributed by atoms with Crippen LogP contribution in [0.15, 0.2) is 22.1 Å². The van der Waals surface area contributed by atoms with Crippen LogP contribution in [-0.4, -0.2) is 39.1 Å². The second-order valence-corrected chi connectivity index (χ2v) is 5.41. The van der Waals surface area contributed by atoms with Gasteiger partial charge in [0.15, 0.2) is 11.9 Å². The fourth-order valence-electron chi connectivity index (χ4n) is 2.25. The minimum atomic E-state index is -4.54. The fourth-order valence-corrected chi connectivity index (χ4v) is 2.25. The Morgan fingerprint density at radius 1 is 1.26 bits per heavy atom. The van der Waals surface area contributed by atoms with Crippen LogP contribution < -0.4 is 5.32 Å². The number of aromatic amines is 1. The zero-order valence-corrected chi connectivity index (χ0v) is 12.4. The number of hydrogen-bond donors (Lipinski definition) is 3. The predicted octanol–water partition coefficient (Wildman–Crippen LogP) is 3.24. The Hall–Kier alpha value is -2.58. The quantitative estimate of drug-likeness (QED) is 0.752. The van der Waals surface area contributed by atoms with E-state index in [0.29, 0.717) is 5.52 Å². The number of aliphatic hydroxyl groups is 1. The summed E-state index contributed by atoms with van der Waals surface area (Å²) in [6.07, 6.45) is -5.20. The largest absolute Gasteiger partial charge is 0.496 e. The molecule has 23 heavy (non-hydrogen) atoms. The fraction of sp³-hybridized carbons (Fsp3) is 0.357.